The first-order chi connectivity index (χ1) is 10.9. The van der Waals surface area contributed by atoms with Crippen molar-refractivity contribution in [2.75, 3.05) is 6.54 Å². The van der Waals surface area contributed by atoms with Crippen LogP contribution in [0.1, 0.15) is 12.5 Å². The van der Waals surface area contributed by atoms with Gasteiger partial charge in [0, 0.05) is 18.7 Å². The van der Waals surface area contributed by atoms with Gasteiger partial charge in [-0.05, 0) is 24.6 Å². The number of rotatable bonds is 6. The van der Waals surface area contributed by atoms with Gasteiger partial charge in [-0.2, -0.15) is 0 Å². The van der Waals surface area contributed by atoms with Gasteiger partial charge in [-0.1, -0.05) is 42.0 Å². The Morgan fingerprint density at radius 1 is 1.13 bits per heavy atom. The molecule has 0 unspecified atom stereocenters. The molecule has 2 aromatic rings. The average Bonchev–Trinajstić information content (AvgIpc) is 2.54. The standard InChI is InChI=1S/C16H16N2O4S/c1-13(11-14-5-3-2-4-6-14)12-17-23(21,22)16-9-7-15(8-10-16)18(19)20/h2-11,17H,12H2,1H3/b13-11+. The van der Waals surface area contributed by atoms with E-state index < -0.39 is 14.9 Å². The Balaban J connectivity index is 2.06. The van der Waals surface area contributed by atoms with Crippen LogP contribution in [0.2, 0.25) is 0 Å². The highest BCUT2D eigenvalue weighted by Crippen LogP contribution is 2.16. The summed E-state index contributed by atoms with van der Waals surface area (Å²) >= 11 is 0. The molecule has 0 aromatic heterocycles. The molecular formula is C16H16N2O4S. The third-order valence-corrected chi connectivity index (χ3v) is 4.53. The fraction of sp³-hybridized carbons (Fsp3) is 0.125. The lowest BCUT2D eigenvalue weighted by molar-refractivity contribution is -0.384. The van der Waals surface area contributed by atoms with Gasteiger partial charge >= 0.3 is 0 Å². The number of nitro benzene ring substituents is 1. The molecule has 0 aliphatic carbocycles. The van der Waals surface area contributed by atoms with Gasteiger partial charge in [-0.3, -0.25) is 10.1 Å². The summed E-state index contributed by atoms with van der Waals surface area (Å²) in [5.41, 5.74) is 1.69. The van der Waals surface area contributed by atoms with Gasteiger partial charge in [0.1, 0.15) is 0 Å². The molecular weight excluding hydrogens is 316 g/mol. The SMILES string of the molecule is C/C(=C\c1ccccc1)CNS(=O)(=O)c1ccc([N+](=O)[O-])cc1. The number of benzene rings is 2. The molecule has 0 atom stereocenters. The first-order valence-electron chi connectivity index (χ1n) is 6.85. The molecule has 0 saturated carbocycles. The predicted octanol–water partition coefficient (Wildman–Crippen LogP) is 2.98. The zero-order valence-corrected chi connectivity index (χ0v) is 13.3. The Morgan fingerprint density at radius 2 is 1.74 bits per heavy atom. The largest absolute Gasteiger partial charge is 0.269 e. The van der Waals surface area contributed by atoms with E-state index in [1.54, 1.807) is 0 Å². The molecule has 0 heterocycles. The highest BCUT2D eigenvalue weighted by molar-refractivity contribution is 7.89. The molecule has 7 heteroatoms. The Kier molecular flexibility index (Phi) is 5.25. The lowest BCUT2D eigenvalue weighted by Gasteiger charge is -2.07. The minimum absolute atomic E-state index is 0.00406. The highest BCUT2D eigenvalue weighted by atomic mass is 32.2. The van der Waals surface area contributed by atoms with Gasteiger partial charge in [0.05, 0.1) is 9.82 Å². The fourth-order valence-corrected chi connectivity index (χ4v) is 3.00. The summed E-state index contributed by atoms with van der Waals surface area (Å²) in [5, 5.41) is 10.6. The number of nitrogens with one attached hydrogen (secondary N) is 1. The molecule has 0 aliphatic rings. The van der Waals surface area contributed by atoms with Crippen LogP contribution in [0.4, 0.5) is 5.69 Å². The van der Waals surface area contributed by atoms with Crippen LogP contribution < -0.4 is 4.72 Å². The average molecular weight is 332 g/mol. The fourth-order valence-electron chi connectivity index (χ4n) is 1.92. The molecule has 6 nitrogen and oxygen atoms in total. The van der Waals surface area contributed by atoms with Gasteiger partial charge in [-0.15, -0.1) is 0 Å². The predicted molar refractivity (Wildman–Crippen MR) is 88.4 cm³/mol. The minimum atomic E-state index is -3.70. The molecule has 0 saturated heterocycles. The maximum absolute atomic E-state index is 12.2. The van der Waals surface area contributed by atoms with E-state index in [1.165, 1.54) is 24.3 Å². The molecule has 2 aromatic carbocycles. The molecule has 0 spiro atoms. The van der Waals surface area contributed by atoms with Crippen LogP contribution in [-0.4, -0.2) is 19.9 Å². The second-order valence-electron chi connectivity index (χ2n) is 4.98. The van der Waals surface area contributed by atoms with E-state index in [1.807, 2.05) is 43.3 Å². The van der Waals surface area contributed by atoms with Crippen LogP contribution in [0.25, 0.3) is 6.08 Å². The number of sulfonamides is 1. The molecule has 2 rings (SSSR count). The Hall–Kier alpha value is -2.51. The smallest absolute Gasteiger partial charge is 0.258 e. The van der Waals surface area contributed by atoms with E-state index in [4.69, 9.17) is 0 Å². The summed E-state index contributed by atoms with van der Waals surface area (Å²) in [5.74, 6) is 0. The molecule has 23 heavy (non-hydrogen) atoms. The molecule has 0 fully saturated rings. The summed E-state index contributed by atoms with van der Waals surface area (Å²) in [6.45, 7) is 1.99. The van der Waals surface area contributed by atoms with Crippen LogP contribution >= 0.6 is 0 Å². The molecule has 120 valence electrons. The van der Waals surface area contributed by atoms with Gasteiger partial charge in [0.15, 0.2) is 0 Å². The maximum Gasteiger partial charge on any atom is 0.269 e. The number of nitrogens with zero attached hydrogens (tertiary/aromatic N) is 1. The number of nitro groups is 1. The van der Waals surface area contributed by atoms with Crippen LogP contribution in [-0.2, 0) is 10.0 Å². The Bertz CT molecular complexity index is 813. The van der Waals surface area contributed by atoms with E-state index in [0.717, 1.165) is 11.1 Å². The highest BCUT2D eigenvalue weighted by Gasteiger charge is 2.15. The molecule has 0 aliphatic heterocycles. The van der Waals surface area contributed by atoms with E-state index in [9.17, 15) is 18.5 Å². The minimum Gasteiger partial charge on any atom is -0.258 e. The molecule has 0 amide bonds. The van der Waals surface area contributed by atoms with Crippen LogP contribution in [0.5, 0.6) is 0 Å². The maximum atomic E-state index is 12.2. The molecule has 1 N–H and O–H groups in total. The topological polar surface area (TPSA) is 89.3 Å². The van der Waals surface area contributed by atoms with Crippen molar-refractivity contribution in [2.24, 2.45) is 0 Å². The van der Waals surface area contributed by atoms with Crippen molar-refractivity contribution in [3.63, 3.8) is 0 Å². The lowest BCUT2D eigenvalue weighted by Crippen LogP contribution is -2.25. The normalized spacial score (nSPS) is 12.1. The monoisotopic (exact) mass is 332 g/mol. The number of hydrogen-bond acceptors (Lipinski definition) is 4. The van der Waals surface area contributed by atoms with E-state index in [-0.39, 0.29) is 17.1 Å². The zero-order valence-electron chi connectivity index (χ0n) is 12.5. The van der Waals surface area contributed by atoms with E-state index in [0.29, 0.717) is 0 Å². The van der Waals surface area contributed by atoms with Crippen molar-refractivity contribution in [3.8, 4) is 0 Å². The van der Waals surface area contributed by atoms with Crippen LogP contribution in [0.3, 0.4) is 0 Å². The zero-order chi connectivity index (χ0) is 16.9. The van der Waals surface area contributed by atoms with Crippen molar-refractivity contribution < 1.29 is 13.3 Å². The Labute approximate surface area is 134 Å². The molecule has 0 radical (unpaired) electrons. The Morgan fingerprint density at radius 3 is 2.30 bits per heavy atom. The quantitative estimate of drug-likeness (QED) is 0.650. The number of hydrogen-bond donors (Lipinski definition) is 1. The number of non-ortho nitro benzene ring substituents is 1. The lowest BCUT2D eigenvalue weighted by atomic mass is 10.1. The summed E-state index contributed by atoms with van der Waals surface area (Å²) in [6.07, 6.45) is 1.89. The molecule has 0 bridgehead atoms. The van der Waals surface area contributed by atoms with Gasteiger partial charge in [0.25, 0.3) is 5.69 Å². The summed E-state index contributed by atoms with van der Waals surface area (Å²) in [6, 6.07) is 14.3. The second-order valence-corrected chi connectivity index (χ2v) is 6.74. The van der Waals surface area contributed by atoms with Crippen LogP contribution in [0, 0.1) is 10.1 Å². The van der Waals surface area contributed by atoms with E-state index in [2.05, 4.69) is 4.72 Å². The summed E-state index contributed by atoms with van der Waals surface area (Å²) in [7, 11) is -3.70. The van der Waals surface area contributed by atoms with Gasteiger partial charge in [-0.25, -0.2) is 13.1 Å². The summed E-state index contributed by atoms with van der Waals surface area (Å²) in [4.78, 5) is 10.0. The van der Waals surface area contributed by atoms with Crippen molar-refractivity contribution in [2.45, 2.75) is 11.8 Å². The third-order valence-electron chi connectivity index (χ3n) is 3.11. The van der Waals surface area contributed by atoms with Crippen LogP contribution in [0.15, 0.2) is 65.1 Å². The van der Waals surface area contributed by atoms with Crippen molar-refractivity contribution in [1.82, 2.24) is 4.72 Å². The second kappa shape index (κ2) is 7.17. The first kappa shape index (κ1) is 16.9. The summed E-state index contributed by atoms with van der Waals surface area (Å²) < 4.78 is 26.8. The third kappa shape index (κ3) is 4.73. The van der Waals surface area contributed by atoms with Crippen molar-refractivity contribution >= 4 is 21.8 Å². The van der Waals surface area contributed by atoms with Crippen molar-refractivity contribution in [3.05, 3.63) is 75.8 Å². The van der Waals surface area contributed by atoms with E-state index >= 15 is 0 Å². The first-order valence-corrected chi connectivity index (χ1v) is 8.33. The van der Waals surface area contributed by atoms with Gasteiger partial charge in [0.2, 0.25) is 10.0 Å². The van der Waals surface area contributed by atoms with Gasteiger partial charge < -0.3 is 0 Å². The van der Waals surface area contributed by atoms with Crippen molar-refractivity contribution in [1.29, 1.82) is 0 Å².